The Morgan fingerprint density at radius 1 is 1.54 bits per heavy atom. The number of hydrogen-bond acceptors (Lipinski definition) is 7. The standard InChI is InChI=1S/C16H26N4O6/c1-16(2,3)26-15(21)18-10-6-7-12(25-9-13(10)24-5)14-11(20(22)23)8-17-19(14)4/h8,10,12-13H,6-7,9H2,1-5H3,(H,18,21)/t10-,12+,13-/m1/s1/i5D3. The summed E-state index contributed by atoms with van der Waals surface area (Å²) in [5, 5.41) is 17.8. The summed E-state index contributed by atoms with van der Waals surface area (Å²) in [6, 6.07) is -0.720. The van der Waals surface area contributed by atoms with E-state index >= 15 is 0 Å². The Morgan fingerprint density at radius 2 is 2.27 bits per heavy atom. The number of methoxy groups -OCH3 is 1. The summed E-state index contributed by atoms with van der Waals surface area (Å²) in [6.07, 6.45) is -0.750. The monoisotopic (exact) mass is 373 g/mol. The van der Waals surface area contributed by atoms with Crippen LogP contribution in [-0.2, 0) is 21.3 Å². The van der Waals surface area contributed by atoms with Crippen LogP contribution in [0, 0.1) is 10.1 Å². The molecule has 1 amide bonds. The van der Waals surface area contributed by atoms with Crippen molar-refractivity contribution in [1.82, 2.24) is 15.1 Å². The third kappa shape index (κ3) is 4.92. The fourth-order valence-corrected chi connectivity index (χ4v) is 2.83. The molecule has 1 aliphatic heterocycles. The van der Waals surface area contributed by atoms with E-state index in [1.165, 1.54) is 4.68 Å². The van der Waals surface area contributed by atoms with E-state index in [2.05, 4.69) is 10.4 Å². The van der Waals surface area contributed by atoms with Crippen molar-refractivity contribution in [2.45, 2.75) is 57.5 Å². The highest BCUT2D eigenvalue weighted by Gasteiger charge is 2.35. The summed E-state index contributed by atoms with van der Waals surface area (Å²) in [6.45, 7) is 4.93. The van der Waals surface area contributed by atoms with Gasteiger partial charge in [-0.3, -0.25) is 14.8 Å². The number of rotatable bonds is 4. The average Bonchev–Trinajstić information content (AvgIpc) is 2.82. The highest BCUT2D eigenvalue weighted by Crippen LogP contribution is 2.33. The molecule has 3 atom stereocenters. The summed E-state index contributed by atoms with van der Waals surface area (Å²) in [5.74, 6) is 0. The Labute approximate surface area is 156 Å². The maximum absolute atomic E-state index is 12.2. The molecule has 0 aromatic carbocycles. The van der Waals surface area contributed by atoms with Crippen molar-refractivity contribution in [2.75, 3.05) is 13.6 Å². The summed E-state index contributed by atoms with van der Waals surface area (Å²) in [5.41, 5.74) is -0.659. The number of ether oxygens (including phenoxy) is 3. The Kier molecular flexibility index (Phi) is 4.93. The molecule has 1 N–H and O–H groups in total. The van der Waals surface area contributed by atoms with Crippen LogP contribution in [0.3, 0.4) is 0 Å². The number of nitrogens with one attached hydrogen (secondary N) is 1. The zero-order chi connectivity index (χ0) is 22.0. The fourth-order valence-electron chi connectivity index (χ4n) is 2.83. The normalized spacial score (nSPS) is 26.2. The first kappa shape index (κ1) is 16.0. The van der Waals surface area contributed by atoms with Crippen LogP contribution in [0.1, 0.15) is 49.5 Å². The summed E-state index contributed by atoms with van der Waals surface area (Å²) in [4.78, 5) is 22.9. The molecule has 1 aromatic rings. The zero-order valence-corrected chi connectivity index (χ0v) is 15.2. The van der Waals surface area contributed by atoms with Crippen molar-refractivity contribution in [3.8, 4) is 0 Å². The predicted molar refractivity (Wildman–Crippen MR) is 91.7 cm³/mol. The van der Waals surface area contributed by atoms with E-state index < -0.39 is 41.9 Å². The van der Waals surface area contributed by atoms with Gasteiger partial charge in [-0.05, 0) is 33.6 Å². The van der Waals surface area contributed by atoms with Crippen molar-refractivity contribution in [1.29, 1.82) is 0 Å². The second-order valence-electron chi connectivity index (χ2n) is 7.10. The van der Waals surface area contributed by atoms with Crippen LogP contribution in [0.2, 0.25) is 0 Å². The minimum atomic E-state index is -2.71. The van der Waals surface area contributed by atoms with E-state index in [9.17, 15) is 14.9 Å². The predicted octanol–water partition coefficient (Wildman–Crippen LogP) is 2.09. The molecule has 0 saturated carbocycles. The third-order valence-corrected chi connectivity index (χ3v) is 3.97. The minimum Gasteiger partial charge on any atom is -0.444 e. The van der Waals surface area contributed by atoms with Gasteiger partial charge in [0.15, 0.2) is 0 Å². The molecular weight excluding hydrogens is 344 g/mol. The van der Waals surface area contributed by atoms with Crippen LogP contribution >= 0.6 is 0 Å². The van der Waals surface area contributed by atoms with Crippen LogP contribution in [0.5, 0.6) is 0 Å². The minimum absolute atomic E-state index is 0.189. The molecule has 146 valence electrons. The molecule has 0 radical (unpaired) electrons. The van der Waals surface area contributed by atoms with Crippen LogP contribution in [0.25, 0.3) is 0 Å². The van der Waals surface area contributed by atoms with Gasteiger partial charge in [-0.15, -0.1) is 0 Å². The van der Waals surface area contributed by atoms with Crippen molar-refractivity contribution in [2.24, 2.45) is 7.05 Å². The van der Waals surface area contributed by atoms with E-state index in [4.69, 9.17) is 18.3 Å². The summed E-state index contributed by atoms with van der Waals surface area (Å²) in [7, 11) is -1.15. The first-order valence-electron chi connectivity index (χ1n) is 9.72. The Bertz CT molecular complexity index is 746. The maximum atomic E-state index is 12.2. The number of nitrogens with zero attached hydrogens (tertiary/aromatic N) is 3. The Balaban J connectivity index is 2.22. The van der Waals surface area contributed by atoms with Gasteiger partial charge in [-0.25, -0.2) is 4.79 Å². The van der Waals surface area contributed by atoms with Crippen LogP contribution in [0.4, 0.5) is 10.5 Å². The largest absolute Gasteiger partial charge is 0.444 e. The Morgan fingerprint density at radius 3 is 2.88 bits per heavy atom. The van der Waals surface area contributed by atoms with Crippen molar-refractivity contribution < 1.29 is 28.0 Å². The molecule has 1 aromatic heterocycles. The molecule has 10 nitrogen and oxygen atoms in total. The zero-order valence-electron chi connectivity index (χ0n) is 18.2. The first-order valence-corrected chi connectivity index (χ1v) is 8.22. The van der Waals surface area contributed by atoms with E-state index in [0.717, 1.165) is 6.20 Å². The maximum Gasteiger partial charge on any atom is 0.407 e. The van der Waals surface area contributed by atoms with E-state index in [1.807, 2.05) is 0 Å². The second kappa shape index (κ2) is 8.00. The lowest BCUT2D eigenvalue weighted by atomic mass is 10.0. The highest BCUT2D eigenvalue weighted by atomic mass is 16.6. The SMILES string of the molecule is [2H]C([2H])([2H])O[C@@H]1CO[C@H](c2c([N+](=O)[O-])cnn2C)CC[C@H]1NC(=O)OC(C)(C)C. The number of alkyl carbamates (subject to hydrolysis) is 1. The molecule has 10 heteroatoms. The molecule has 2 heterocycles. The summed E-state index contributed by atoms with van der Waals surface area (Å²) >= 11 is 0. The van der Waals surface area contributed by atoms with Gasteiger partial charge in [0.05, 0.1) is 21.7 Å². The van der Waals surface area contributed by atoms with Gasteiger partial charge in [-0.2, -0.15) is 5.10 Å². The molecule has 1 aliphatic rings. The van der Waals surface area contributed by atoms with Gasteiger partial charge in [0.25, 0.3) is 0 Å². The third-order valence-electron chi connectivity index (χ3n) is 3.97. The summed E-state index contributed by atoms with van der Waals surface area (Å²) < 4.78 is 39.6. The molecule has 1 fully saturated rings. The molecule has 0 spiro atoms. The molecule has 0 bridgehead atoms. The molecular formula is C16H26N4O6. The number of nitro groups is 1. The van der Waals surface area contributed by atoms with Crippen LogP contribution < -0.4 is 5.32 Å². The van der Waals surface area contributed by atoms with Gasteiger partial charge < -0.3 is 19.5 Å². The number of carbonyl (C=O) groups excluding carboxylic acids is 1. The lowest BCUT2D eigenvalue weighted by Crippen LogP contribution is -2.46. The lowest BCUT2D eigenvalue weighted by Gasteiger charge is -2.26. The number of aromatic nitrogens is 2. The molecule has 1 saturated heterocycles. The number of amides is 1. The quantitative estimate of drug-likeness (QED) is 0.634. The molecule has 26 heavy (non-hydrogen) atoms. The van der Waals surface area contributed by atoms with Gasteiger partial charge in [0.2, 0.25) is 0 Å². The van der Waals surface area contributed by atoms with E-state index in [0.29, 0.717) is 0 Å². The van der Waals surface area contributed by atoms with Crippen molar-refractivity contribution in [3.05, 3.63) is 22.0 Å². The second-order valence-corrected chi connectivity index (χ2v) is 7.10. The highest BCUT2D eigenvalue weighted by molar-refractivity contribution is 5.68. The van der Waals surface area contributed by atoms with Gasteiger partial charge in [-0.1, -0.05) is 0 Å². The number of carbonyl (C=O) groups is 1. The molecule has 2 rings (SSSR count). The first-order chi connectivity index (χ1) is 13.3. The van der Waals surface area contributed by atoms with Crippen molar-refractivity contribution in [3.63, 3.8) is 0 Å². The number of hydrogen-bond donors (Lipinski definition) is 1. The van der Waals surface area contributed by atoms with Gasteiger partial charge >= 0.3 is 11.8 Å². The fraction of sp³-hybridized carbons (Fsp3) is 0.750. The van der Waals surface area contributed by atoms with Crippen LogP contribution in [0.15, 0.2) is 6.20 Å². The van der Waals surface area contributed by atoms with Crippen molar-refractivity contribution >= 4 is 11.8 Å². The smallest absolute Gasteiger partial charge is 0.407 e. The lowest BCUT2D eigenvalue weighted by molar-refractivity contribution is -0.386. The van der Waals surface area contributed by atoms with E-state index in [-0.39, 0.29) is 30.8 Å². The van der Waals surface area contributed by atoms with Crippen LogP contribution in [-0.4, -0.2) is 52.2 Å². The molecule has 0 aliphatic carbocycles. The van der Waals surface area contributed by atoms with Gasteiger partial charge in [0.1, 0.15) is 29.7 Å². The van der Waals surface area contributed by atoms with E-state index in [1.54, 1.807) is 27.8 Å². The number of aryl methyl sites for hydroxylation is 1. The topological polar surface area (TPSA) is 118 Å². The van der Waals surface area contributed by atoms with Gasteiger partial charge in [0, 0.05) is 14.1 Å². The Hall–Kier alpha value is -2.20. The average molecular weight is 373 g/mol. The molecule has 0 unspecified atom stereocenters.